The maximum atomic E-state index is 5.75. The molecule has 1 aromatic carbocycles. The van der Waals surface area contributed by atoms with E-state index in [0.29, 0.717) is 0 Å². The number of hydrogen-bond donors (Lipinski definition) is 1. The number of hydrogen-bond acceptors (Lipinski definition) is 3. The van der Waals surface area contributed by atoms with E-state index in [1.54, 1.807) is 6.33 Å². The van der Waals surface area contributed by atoms with Crippen molar-refractivity contribution in [1.29, 1.82) is 0 Å². The molecule has 0 aliphatic rings. The topological polar surface area (TPSA) is 56.7 Å². The molecule has 15 heavy (non-hydrogen) atoms. The van der Waals surface area contributed by atoms with Crippen LogP contribution in [0.25, 0.3) is 11.4 Å². The van der Waals surface area contributed by atoms with Crippen LogP contribution in [0.2, 0.25) is 0 Å². The average Bonchev–Trinajstić information content (AvgIpc) is 2.69. The number of aryl methyl sites for hydroxylation is 1. The molecule has 0 saturated heterocycles. The van der Waals surface area contributed by atoms with E-state index in [1.165, 1.54) is 0 Å². The van der Waals surface area contributed by atoms with E-state index in [2.05, 4.69) is 26.1 Å². The Balaban J connectivity index is 2.58. The van der Waals surface area contributed by atoms with Gasteiger partial charge in [0.25, 0.3) is 0 Å². The van der Waals surface area contributed by atoms with Crippen LogP contribution in [-0.4, -0.2) is 14.8 Å². The molecule has 2 aromatic rings. The highest BCUT2D eigenvalue weighted by atomic mass is 79.9. The van der Waals surface area contributed by atoms with Crippen molar-refractivity contribution in [3.05, 3.63) is 29.0 Å². The summed E-state index contributed by atoms with van der Waals surface area (Å²) in [4.78, 5) is 0. The maximum Gasteiger partial charge on any atom is 0.164 e. The highest BCUT2D eigenvalue weighted by Crippen LogP contribution is 2.28. The van der Waals surface area contributed by atoms with Gasteiger partial charge in [0.2, 0.25) is 0 Å². The first kappa shape index (κ1) is 10.2. The number of halogens is 1. The lowest BCUT2D eigenvalue weighted by molar-refractivity contribution is 0.766. The minimum atomic E-state index is 0.721. The van der Waals surface area contributed by atoms with Crippen molar-refractivity contribution in [3.8, 4) is 11.4 Å². The second kappa shape index (κ2) is 4.02. The lowest BCUT2D eigenvalue weighted by Gasteiger charge is -2.06. The minimum Gasteiger partial charge on any atom is -0.399 e. The highest BCUT2D eigenvalue weighted by Gasteiger charge is 2.09. The van der Waals surface area contributed by atoms with Gasteiger partial charge in [0.15, 0.2) is 5.82 Å². The van der Waals surface area contributed by atoms with Crippen LogP contribution in [0.3, 0.4) is 0 Å². The molecule has 1 heterocycles. The molecule has 0 spiro atoms. The minimum absolute atomic E-state index is 0.721. The first-order chi connectivity index (χ1) is 7.22. The molecule has 2 N–H and O–H groups in total. The van der Waals surface area contributed by atoms with E-state index in [9.17, 15) is 0 Å². The summed E-state index contributed by atoms with van der Waals surface area (Å²) < 4.78 is 2.94. The van der Waals surface area contributed by atoms with Gasteiger partial charge in [0, 0.05) is 22.3 Å². The molecule has 0 amide bonds. The van der Waals surface area contributed by atoms with Crippen LogP contribution in [0.1, 0.15) is 6.92 Å². The third kappa shape index (κ3) is 1.87. The Morgan fingerprint density at radius 2 is 2.27 bits per heavy atom. The quantitative estimate of drug-likeness (QED) is 0.849. The van der Waals surface area contributed by atoms with Crippen LogP contribution in [0.5, 0.6) is 0 Å². The SMILES string of the molecule is CCn1cnnc1-c1cc(N)ccc1Br. The summed E-state index contributed by atoms with van der Waals surface area (Å²) in [7, 11) is 0. The monoisotopic (exact) mass is 266 g/mol. The molecule has 5 heteroatoms. The molecule has 0 unspecified atom stereocenters. The van der Waals surface area contributed by atoms with E-state index in [-0.39, 0.29) is 0 Å². The number of aromatic nitrogens is 3. The van der Waals surface area contributed by atoms with Crippen LogP contribution < -0.4 is 5.73 Å². The Morgan fingerprint density at radius 1 is 1.47 bits per heavy atom. The van der Waals surface area contributed by atoms with Gasteiger partial charge >= 0.3 is 0 Å². The second-order valence-electron chi connectivity index (χ2n) is 3.18. The predicted octanol–water partition coefficient (Wildman–Crippen LogP) is 2.31. The number of benzene rings is 1. The van der Waals surface area contributed by atoms with Gasteiger partial charge in [-0.05, 0) is 25.1 Å². The van der Waals surface area contributed by atoms with Crippen LogP contribution in [-0.2, 0) is 6.54 Å². The molecule has 0 bridgehead atoms. The van der Waals surface area contributed by atoms with Crippen LogP contribution in [0, 0.1) is 0 Å². The lowest BCUT2D eigenvalue weighted by atomic mass is 10.2. The van der Waals surface area contributed by atoms with E-state index in [1.807, 2.05) is 29.7 Å². The Kier molecular flexibility index (Phi) is 2.73. The van der Waals surface area contributed by atoms with E-state index >= 15 is 0 Å². The molecule has 1 aromatic heterocycles. The van der Waals surface area contributed by atoms with Crippen molar-refractivity contribution in [2.75, 3.05) is 5.73 Å². The summed E-state index contributed by atoms with van der Waals surface area (Å²) in [5.41, 5.74) is 7.43. The fraction of sp³-hybridized carbons (Fsp3) is 0.200. The Labute approximate surface area is 96.3 Å². The molecule has 2 rings (SSSR count). The fourth-order valence-electron chi connectivity index (χ4n) is 1.41. The predicted molar refractivity (Wildman–Crippen MR) is 63.2 cm³/mol. The van der Waals surface area contributed by atoms with E-state index in [0.717, 1.165) is 28.1 Å². The number of nitrogens with zero attached hydrogens (tertiary/aromatic N) is 3. The molecule has 0 atom stereocenters. The standard InChI is InChI=1S/C10H11BrN4/c1-2-15-6-13-14-10(15)8-5-7(12)3-4-9(8)11/h3-6H,2,12H2,1H3. The fourth-order valence-corrected chi connectivity index (χ4v) is 1.83. The van der Waals surface area contributed by atoms with Crippen molar-refractivity contribution in [2.24, 2.45) is 0 Å². The van der Waals surface area contributed by atoms with Crippen molar-refractivity contribution in [2.45, 2.75) is 13.5 Å². The Bertz CT molecular complexity index is 478. The normalized spacial score (nSPS) is 10.5. The van der Waals surface area contributed by atoms with Gasteiger partial charge in [-0.15, -0.1) is 10.2 Å². The van der Waals surface area contributed by atoms with Gasteiger partial charge < -0.3 is 10.3 Å². The largest absolute Gasteiger partial charge is 0.399 e. The number of anilines is 1. The molecule has 0 aliphatic carbocycles. The molecular weight excluding hydrogens is 256 g/mol. The zero-order valence-corrected chi connectivity index (χ0v) is 9.90. The van der Waals surface area contributed by atoms with Gasteiger partial charge in [0.05, 0.1) is 0 Å². The summed E-state index contributed by atoms with van der Waals surface area (Å²) in [6.07, 6.45) is 1.71. The van der Waals surface area contributed by atoms with Crippen molar-refractivity contribution < 1.29 is 0 Å². The number of nitrogen functional groups attached to an aromatic ring is 1. The van der Waals surface area contributed by atoms with E-state index < -0.39 is 0 Å². The van der Waals surface area contributed by atoms with Gasteiger partial charge in [-0.1, -0.05) is 15.9 Å². The van der Waals surface area contributed by atoms with Gasteiger partial charge in [-0.3, -0.25) is 0 Å². The molecule has 0 saturated carbocycles. The highest BCUT2D eigenvalue weighted by molar-refractivity contribution is 9.10. The smallest absolute Gasteiger partial charge is 0.164 e. The third-order valence-electron chi connectivity index (χ3n) is 2.19. The average molecular weight is 267 g/mol. The van der Waals surface area contributed by atoms with Crippen LogP contribution >= 0.6 is 15.9 Å². The molecule has 0 radical (unpaired) electrons. The summed E-state index contributed by atoms with van der Waals surface area (Å²) in [5.74, 6) is 0.830. The molecule has 0 aliphatic heterocycles. The van der Waals surface area contributed by atoms with E-state index in [4.69, 9.17) is 5.73 Å². The summed E-state index contributed by atoms with van der Waals surface area (Å²) in [5, 5.41) is 7.98. The first-order valence-corrected chi connectivity index (χ1v) is 5.45. The molecule has 78 valence electrons. The molecule has 0 fully saturated rings. The first-order valence-electron chi connectivity index (χ1n) is 4.65. The van der Waals surface area contributed by atoms with Crippen molar-refractivity contribution >= 4 is 21.6 Å². The van der Waals surface area contributed by atoms with Crippen molar-refractivity contribution in [1.82, 2.24) is 14.8 Å². The Hall–Kier alpha value is -1.36. The van der Waals surface area contributed by atoms with Crippen LogP contribution in [0.15, 0.2) is 29.0 Å². The summed E-state index contributed by atoms with van der Waals surface area (Å²) in [6.45, 7) is 2.89. The van der Waals surface area contributed by atoms with Gasteiger partial charge in [-0.25, -0.2) is 0 Å². The number of rotatable bonds is 2. The number of nitrogens with two attached hydrogens (primary N) is 1. The third-order valence-corrected chi connectivity index (χ3v) is 2.88. The second-order valence-corrected chi connectivity index (χ2v) is 4.03. The Morgan fingerprint density at radius 3 is 3.00 bits per heavy atom. The molecular formula is C10H11BrN4. The summed E-state index contributed by atoms with van der Waals surface area (Å²) >= 11 is 3.48. The van der Waals surface area contributed by atoms with Crippen LogP contribution in [0.4, 0.5) is 5.69 Å². The summed E-state index contributed by atoms with van der Waals surface area (Å²) in [6, 6.07) is 5.65. The van der Waals surface area contributed by atoms with Crippen molar-refractivity contribution in [3.63, 3.8) is 0 Å². The maximum absolute atomic E-state index is 5.75. The van der Waals surface area contributed by atoms with Gasteiger partial charge in [0.1, 0.15) is 6.33 Å². The zero-order chi connectivity index (χ0) is 10.8. The lowest BCUT2D eigenvalue weighted by Crippen LogP contribution is -1.97. The molecule has 4 nitrogen and oxygen atoms in total. The zero-order valence-electron chi connectivity index (χ0n) is 8.31. The van der Waals surface area contributed by atoms with Gasteiger partial charge in [-0.2, -0.15) is 0 Å².